The van der Waals surface area contributed by atoms with Gasteiger partial charge in [-0.1, -0.05) is 47.0 Å². The molecule has 0 heterocycles. The predicted molar refractivity (Wildman–Crippen MR) is 94.3 cm³/mol. The zero-order valence-corrected chi connectivity index (χ0v) is 15.7. The SMILES string of the molecule is CC(C)(C)OC(=O)N[C@H]1CCCC[C@@H]1OCc1ccccc1Br. The van der Waals surface area contributed by atoms with E-state index in [0.717, 1.165) is 35.7 Å². The molecule has 1 aromatic carbocycles. The lowest BCUT2D eigenvalue weighted by Gasteiger charge is -2.33. The molecular formula is C18H26BrNO3. The largest absolute Gasteiger partial charge is 0.444 e. The van der Waals surface area contributed by atoms with Gasteiger partial charge in [-0.15, -0.1) is 0 Å². The minimum absolute atomic E-state index is 0.0149. The van der Waals surface area contributed by atoms with Crippen molar-refractivity contribution in [2.24, 2.45) is 0 Å². The Labute approximate surface area is 147 Å². The zero-order chi connectivity index (χ0) is 16.9. The van der Waals surface area contributed by atoms with E-state index in [2.05, 4.69) is 21.2 Å². The van der Waals surface area contributed by atoms with Crippen molar-refractivity contribution in [3.8, 4) is 0 Å². The summed E-state index contributed by atoms with van der Waals surface area (Å²) >= 11 is 3.54. The molecule has 0 bridgehead atoms. The summed E-state index contributed by atoms with van der Waals surface area (Å²) in [4.78, 5) is 12.0. The fraction of sp³-hybridized carbons (Fsp3) is 0.611. The molecule has 1 aromatic rings. The van der Waals surface area contributed by atoms with Crippen LogP contribution in [0.4, 0.5) is 4.79 Å². The summed E-state index contributed by atoms with van der Waals surface area (Å²) in [5.41, 5.74) is 0.637. The lowest BCUT2D eigenvalue weighted by Crippen LogP contribution is -2.47. The van der Waals surface area contributed by atoms with Crippen LogP contribution in [0.5, 0.6) is 0 Å². The molecule has 0 saturated heterocycles. The molecule has 2 atom stereocenters. The third kappa shape index (κ3) is 6.15. The number of halogens is 1. The number of amides is 1. The van der Waals surface area contributed by atoms with E-state index in [0.29, 0.717) is 6.61 Å². The average Bonchev–Trinajstić information content (AvgIpc) is 2.46. The summed E-state index contributed by atoms with van der Waals surface area (Å²) in [6.07, 6.45) is 3.80. The van der Waals surface area contributed by atoms with Crippen molar-refractivity contribution in [3.05, 3.63) is 34.3 Å². The van der Waals surface area contributed by atoms with Crippen molar-refractivity contribution in [3.63, 3.8) is 0 Å². The summed E-state index contributed by atoms with van der Waals surface area (Å²) in [5, 5.41) is 2.98. The molecule has 0 radical (unpaired) electrons. The van der Waals surface area contributed by atoms with Crippen molar-refractivity contribution in [1.82, 2.24) is 5.32 Å². The molecule has 0 aromatic heterocycles. The van der Waals surface area contributed by atoms with Crippen LogP contribution >= 0.6 is 15.9 Å². The van der Waals surface area contributed by atoms with E-state index in [1.807, 2.05) is 45.0 Å². The van der Waals surface area contributed by atoms with Crippen molar-refractivity contribution < 1.29 is 14.3 Å². The Morgan fingerprint density at radius 1 is 1.26 bits per heavy atom. The maximum atomic E-state index is 12.0. The van der Waals surface area contributed by atoms with E-state index in [-0.39, 0.29) is 18.2 Å². The van der Waals surface area contributed by atoms with E-state index >= 15 is 0 Å². The molecule has 2 rings (SSSR count). The van der Waals surface area contributed by atoms with Crippen LogP contribution in [0.15, 0.2) is 28.7 Å². The number of carbonyl (C=O) groups is 1. The Kier molecular flexibility index (Phi) is 6.48. The van der Waals surface area contributed by atoms with E-state index < -0.39 is 5.60 Å². The van der Waals surface area contributed by atoms with Crippen molar-refractivity contribution in [1.29, 1.82) is 0 Å². The van der Waals surface area contributed by atoms with E-state index in [1.165, 1.54) is 0 Å². The second-order valence-electron chi connectivity index (χ2n) is 6.98. The Morgan fingerprint density at radius 3 is 2.65 bits per heavy atom. The van der Waals surface area contributed by atoms with Crippen molar-refractivity contribution >= 4 is 22.0 Å². The van der Waals surface area contributed by atoms with Gasteiger partial charge in [0.2, 0.25) is 0 Å². The van der Waals surface area contributed by atoms with Crippen LogP contribution in [0.3, 0.4) is 0 Å². The molecule has 0 aliphatic heterocycles. The molecular weight excluding hydrogens is 358 g/mol. The Morgan fingerprint density at radius 2 is 1.96 bits per heavy atom. The van der Waals surface area contributed by atoms with Gasteiger partial charge in [0.05, 0.1) is 18.8 Å². The van der Waals surface area contributed by atoms with Gasteiger partial charge < -0.3 is 14.8 Å². The van der Waals surface area contributed by atoms with Gasteiger partial charge in [0, 0.05) is 4.47 Å². The highest BCUT2D eigenvalue weighted by atomic mass is 79.9. The molecule has 1 N–H and O–H groups in total. The number of hydrogen-bond donors (Lipinski definition) is 1. The summed E-state index contributed by atoms with van der Waals surface area (Å²) in [6, 6.07) is 8.06. The molecule has 0 spiro atoms. The first-order valence-electron chi connectivity index (χ1n) is 8.20. The average molecular weight is 384 g/mol. The molecule has 0 unspecified atom stereocenters. The van der Waals surface area contributed by atoms with Crippen molar-refractivity contribution in [2.75, 3.05) is 0 Å². The molecule has 1 amide bonds. The summed E-state index contributed by atoms with van der Waals surface area (Å²) in [5.74, 6) is 0. The maximum Gasteiger partial charge on any atom is 0.407 e. The number of carbonyl (C=O) groups excluding carboxylic acids is 1. The Bertz CT molecular complexity index is 527. The van der Waals surface area contributed by atoms with Crippen LogP contribution in [0.25, 0.3) is 0 Å². The molecule has 1 saturated carbocycles. The van der Waals surface area contributed by atoms with Crippen LogP contribution in [0.1, 0.15) is 52.0 Å². The van der Waals surface area contributed by atoms with Gasteiger partial charge in [-0.3, -0.25) is 0 Å². The fourth-order valence-corrected chi connectivity index (χ4v) is 3.13. The van der Waals surface area contributed by atoms with Crippen molar-refractivity contribution in [2.45, 2.75) is 70.8 Å². The normalized spacial score (nSPS) is 21.7. The third-order valence-electron chi connectivity index (χ3n) is 3.82. The summed E-state index contributed by atoms with van der Waals surface area (Å²) in [7, 11) is 0. The minimum Gasteiger partial charge on any atom is -0.444 e. The third-order valence-corrected chi connectivity index (χ3v) is 4.59. The van der Waals surface area contributed by atoms with Crippen LogP contribution < -0.4 is 5.32 Å². The fourth-order valence-electron chi connectivity index (χ4n) is 2.73. The molecule has 4 nitrogen and oxygen atoms in total. The Hall–Kier alpha value is -1.07. The molecule has 1 aliphatic rings. The topological polar surface area (TPSA) is 47.6 Å². The van der Waals surface area contributed by atoms with Crippen LogP contribution in [0.2, 0.25) is 0 Å². The smallest absolute Gasteiger partial charge is 0.407 e. The van der Waals surface area contributed by atoms with Gasteiger partial charge in [0.15, 0.2) is 0 Å². The van der Waals surface area contributed by atoms with Crippen LogP contribution in [-0.2, 0) is 16.1 Å². The molecule has 5 heteroatoms. The first-order chi connectivity index (χ1) is 10.8. The molecule has 128 valence electrons. The first-order valence-corrected chi connectivity index (χ1v) is 8.99. The maximum absolute atomic E-state index is 12.0. The lowest BCUT2D eigenvalue weighted by molar-refractivity contribution is -0.0115. The molecule has 1 aliphatic carbocycles. The summed E-state index contributed by atoms with van der Waals surface area (Å²) in [6.45, 7) is 6.15. The van der Waals surface area contributed by atoms with Gasteiger partial charge in [-0.2, -0.15) is 0 Å². The van der Waals surface area contributed by atoms with Crippen LogP contribution in [-0.4, -0.2) is 23.8 Å². The van der Waals surface area contributed by atoms with E-state index in [4.69, 9.17) is 9.47 Å². The quantitative estimate of drug-likeness (QED) is 0.811. The number of alkyl carbamates (subject to hydrolysis) is 1. The second-order valence-corrected chi connectivity index (χ2v) is 7.83. The van der Waals surface area contributed by atoms with E-state index in [1.54, 1.807) is 0 Å². The van der Waals surface area contributed by atoms with E-state index in [9.17, 15) is 4.79 Å². The highest BCUT2D eigenvalue weighted by molar-refractivity contribution is 9.10. The van der Waals surface area contributed by atoms with Gasteiger partial charge in [-0.25, -0.2) is 4.79 Å². The first kappa shape index (κ1) is 18.3. The molecule has 23 heavy (non-hydrogen) atoms. The van der Waals surface area contributed by atoms with Gasteiger partial charge in [-0.05, 0) is 45.2 Å². The van der Waals surface area contributed by atoms with Gasteiger partial charge in [0.25, 0.3) is 0 Å². The number of nitrogens with one attached hydrogen (secondary N) is 1. The number of hydrogen-bond acceptors (Lipinski definition) is 3. The number of ether oxygens (including phenoxy) is 2. The monoisotopic (exact) mass is 383 g/mol. The van der Waals surface area contributed by atoms with Gasteiger partial charge in [0.1, 0.15) is 5.60 Å². The highest BCUT2D eigenvalue weighted by Gasteiger charge is 2.29. The highest BCUT2D eigenvalue weighted by Crippen LogP contribution is 2.24. The lowest BCUT2D eigenvalue weighted by atomic mass is 9.92. The van der Waals surface area contributed by atoms with Gasteiger partial charge >= 0.3 is 6.09 Å². The Balaban J connectivity index is 1.90. The second kappa shape index (κ2) is 8.15. The number of benzene rings is 1. The minimum atomic E-state index is -0.482. The molecule has 1 fully saturated rings. The standard InChI is InChI=1S/C18H26BrNO3/c1-18(2,3)23-17(21)20-15-10-6-7-11-16(15)22-12-13-8-4-5-9-14(13)19/h4-5,8-9,15-16H,6-7,10-12H2,1-3H3,(H,20,21)/t15-,16-/m0/s1. The summed E-state index contributed by atoms with van der Waals surface area (Å²) < 4.78 is 12.5. The predicted octanol–water partition coefficient (Wildman–Crippen LogP) is 4.80. The van der Waals surface area contributed by atoms with Crippen LogP contribution in [0, 0.1) is 0 Å². The number of rotatable bonds is 4. The zero-order valence-electron chi connectivity index (χ0n) is 14.1.